The van der Waals surface area contributed by atoms with Crippen LogP contribution in [0.15, 0.2) is 24.3 Å². The zero-order valence-corrected chi connectivity index (χ0v) is 9.15. The smallest absolute Gasteiger partial charge is 0.150 e. The number of aliphatic hydroxyl groups excluding tert-OH is 1. The van der Waals surface area contributed by atoms with E-state index in [2.05, 4.69) is 0 Å². The summed E-state index contributed by atoms with van der Waals surface area (Å²) in [4.78, 5) is 12.4. The van der Waals surface area contributed by atoms with Crippen LogP contribution in [-0.4, -0.2) is 37.0 Å². The summed E-state index contributed by atoms with van der Waals surface area (Å²) < 4.78 is 0. The average molecular weight is 228 g/mol. The second kappa shape index (κ2) is 6.43. The number of alkyl halides is 1. The molecule has 1 N–H and O–H groups in total. The van der Waals surface area contributed by atoms with E-state index >= 15 is 0 Å². The molecule has 4 heteroatoms. The molecule has 0 spiro atoms. The van der Waals surface area contributed by atoms with E-state index in [1.54, 1.807) is 12.1 Å². The first-order valence-corrected chi connectivity index (χ1v) is 5.32. The van der Waals surface area contributed by atoms with Gasteiger partial charge in [-0.25, -0.2) is 0 Å². The second-order valence-electron chi connectivity index (χ2n) is 3.11. The Morgan fingerprint density at radius 3 is 2.40 bits per heavy atom. The average Bonchev–Trinajstić information content (AvgIpc) is 2.29. The Balaban J connectivity index is 2.76. The lowest BCUT2D eigenvalue weighted by molar-refractivity contribution is 0.112. The molecule has 3 nitrogen and oxygen atoms in total. The van der Waals surface area contributed by atoms with Crippen molar-refractivity contribution in [2.75, 3.05) is 30.5 Å². The van der Waals surface area contributed by atoms with Crippen LogP contribution < -0.4 is 4.90 Å². The summed E-state index contributed by atoms with van der Waals surface area (Å²) in [5.41, 5.74) is 1.61. The van der Waals surface area contributed by atoms with Gasteiger partial charge in [0.2, 0.25) is 0 Å². The lowest BCUT2D eigenvalue weighted by atomic mass is 10.2. The van der Waals surface area contributed by atoms with Gasteiger partial charge in [0.05, 0.1) is 6.61 Å². The van der Waals surface area contributed by atoms with Crippen molar-refractivity contribution in [3.63, 3.8) is 0 Å². The largest absolute Gasteiger partial charge is 0.395 e. The molecule has 15 heavy (non-hydrogen) atoms. The van der Waals surface area contributed by atoms with E-state index in [-0.39, 0.29) is 6.61 Å². The number of rotatable bonds is 6. The highest BCUT2D eigenvalue weighted by Crippen LogP contribution is 2.14. The molecule has 0 aliphatic heterocycles. The minimum Gasteiger partial charge on any atom is -0.395 e. The minimum atomic E-state index is 0.0896. The van der Waals surface area contributed by atoms with Crippen molar-refractivity contribution in [1.29, 1.82) is 0 Å². The molecule has 0 aliphatic carbocycles. The van der Waals surface area contributed by atoms with Gasteiger partial charge in [0.1, 0.15) is 6.29 Å². The highest BCUT2D eigenvalue weighted by atomic mass is 35.5. The van der Waals surface area contributed by atoms with Gasteiger partial charge < -0.3 is 10.0 Å². The molecule has 82 valence electrons. The van der Waals surface area contributed by atoms with Crippen molar-refractivity contribution >= 4 is 23.6 Å². The van der Waals surface area contributed by atoms with Crippen molar-refractivity contribution in [2.24, 2.45) is 0 Å². The van der Waals surface area contributed by atoms with Crippen molar-refractivity contribution in [3.05, 3.63) is 29.8 Å². The fraction of sp³-hybridized carbons (Fsp3) is 0.364. The van der Waals surface area contributed by atoms with Gasteiger partial charge >= 0.3 is 0 Å². The Hall–Kier alpha value is -1.06. The quantitative estimate of drug-likeness (QED) is 0.592. The Labute approximate surface area is 94.3 Å². The summed E-state index contributed by atoms with van der Waals surface area (Å²) in [6, 6.07) is 7.21. The van der Waals surface area contributed by atoms with Gasteiger partial charge in [0.15, 0.2) is 0 Å². The van der Waals surface area contributed by atoms with Crippen LogP contribution in [0.5, 0.6) is 0 Å². The number of carbonyl (C=O) groups excluding carboxylic acids is 1. The Bertz CT molecular complexity index is 294. The number of nitrogens with zero attached hydrogens (tertiary/aromatic N) is 1. The third-order valence-corrected chi connectivity index (χ3v) is 2.29. The third kappa shape index (κ3) is 3.53. The first-order valence-electron chi connectivity index (χ1n) is 4.79. The van der Waals surface area contributed by atoms with E-state index < -0.39 is 0 Å². The molecule has 0 unspecified atom stereocenters. The molecule has 0 heterocycles. The Morgan fingerprint density at radius 2 is 1.93 bits per heavy atom. The van der Waals surface area contributed by atoms with Gasteiger partial charge in [-0.05, 0) is 24.3 Å². The summed E-state index contributed by atoms with van der Waals surface area (Å²) in [5.74, 6) is 0.509. The number of benzene rings is 1. The van der Waals surface area contributed by atoms with E-state index in [0.29, 0.717) is 24.5 Å². The molecule has 0 saturated carbocycles. The molecule has 0 bridgehead atoms. The maximum Gasteiger partial charge on any atom is 0.150 e. The topological polar surface area (TPSA) is 40.5 Å². The monoisotopic (exact) mass is 227 g/mol. The van der Waals surface area contributed by atoms with Gasteiger partial charge in [-0.1, -0.05) is 0 Å². The number of aldehydes is 1. The predicted octanol–water partition coefficient (Wildman–Crippen LogP) is 1.54. The van der Waals surface area contributed by atoms with Crippen LogP contribution in [0.4, 0.5) is 5.69 Å². The molecule has 0 fully saturated rings. The van der Waals surface area contributed by atoms with Gasteiger partial charge in [-0.3, -0.25) is 4.79 Å². The van der Waals surface area contributed by atoms with Gasteiger partial charge in [-0.15, -0.1) is 11.6 Å². The summed E-state index contributed by atoms with van der Waals surface area (Å²) >= 11 is 5.66. The summed E-state index contributed by atoms with van der Waals surface area (Å²) in [6.07, 6.45) is 0.807. The molecule has 0 atom stereocenters. The first-order chi connectivity index (χ1) is 7.31. The molecule has 1 aromatic rings. The second-order valence-corrected chi connectivity index (χ2v) is 3.49. The van der Waals surface area contributed by atoms with Crippen molar-refractivity contribution in [2.45, 2.75) is 0 Å². The van der Waals surface area contributed by atoms with Gasteiger partial charge in [0, 0.05) is 30.2 Å². The van der Waals surface area contributed by atoms with Crippen LogP contribution in [0, 0.1) is 0 Å². The zero-order valence-electron chi connectivity index (χ0n) is 8.40. The van der Waals surface area contributed by atoms with Gasteiger partial charge in [-0.2, -0.15) is 0 Å². The standard InChI is InChI=1S/C11H14ClNO2/c12-5-6-13(7-8-14)11-3-1-10(9-15)2-4-11/h1-4,9,14H,5-8H2. The zero-order chi connectivity index (χ0) is 11.1. The number of hydrogen-bond acceptors (Lipinski definition) is 3. The van der Waals surface area contributed by atoms with Crippen molar-refractivity contribution < 1.29 is 9.90 Å². The van der Waals surface area contributed by atoms with Crippen LogP contribution in [0.3, 0.4) is 0 Å². The molecule has 0 radical (unpaired) electrons. The fourth-order valence-corrected chi connectivity index (χ4v) is 1.56. The molecule has 0 aromatic heterocycles. The summed E-state index contributed by atoms with van der Waals surface area (Å²) in [5, 5.41) is 8.88. The van der Waals surface area contributed by atoms with E-state index in [1.165, 1.54) is 0 Å². The molecule has 0 amide bonds. The lowest BCUT2D eigenvalue weighted by Gasteiger charge is -2.22. The number of carbonyl (C=O) groups is 1. The number of anilines is 1. The summed E-state index contributed by atoms with van der Waals surface area (Å²) in [6.45, 7) is 1.32. The third-order valence-electron chi connectivity index (χ3n) is 2.12. The summed E-state index contributed by atoms with van der Waals surface area (Å²) in [7, 11) is 0. The SMILES string of the molecule is O=Cc1ccc(N(CCO)CCCl)cc1. The Kier molecular flexibility index (Phi) is 5.15. The maximum absolute atomic E-state index is 10.5. The highest BCUT2D eigenvalue weighted by Gasteiger charge is 2.04. The molecule has 0 saturated heterocycles. The van der Waals surface area contributed by atoms with E-state index in [0.717, 1.165) is 12.0 Å². The maximum atomic E-state index is 10.5. The van der Waals surface area contributed by atoms with Crippen molar-refractivity contribution in [3.8, 4) is 0 Å². The van der Waals surface area contributed by atoms with E-state index in [4.69, 9.17) is 16.7 Å². The molecular formula is C11H14ClNO2. The first kappa shape index (κ1) is 12.0. The van der Waals surface area contributed by atoms with E-state index in [1.807, 2.05) is 17.0 Å². The highest BCUT2D eigenvalue weighted by molar-refractivity contribution is 6.18. The predicted molar refractivity (Wildman–Crippen MR) is 61.8 cm³/mol. The molecule has 0 aliphatic rings. The number of halogens is 1. The number of aliphatic hydroxyl groups is 1. The van der Waals surface area contributed by atoms with Crippen LogP contribution >= 0.6 is 11.6 Å². The Morgan fingerprint density at radius 1 is 1.27 bits per heavy atom. The normalized spacial score (nSPS) is 10.0. The van der Waals surface area contributed by atoms with Crippen LogP contribution in [0.25, 0.3) is 0 Å². The molecular weight excluding hydrogens is 214 g/mol. The van der Waals surface area contributed by atoms with E-state index in [9.17, 15) is 4.79 Å². The molecule has 1 rings (SSSR count). The number of hydrogen-bond donors (Lipinski definition) is 1. The van der Waals surface area contributed by atoms with Gasteiger partial charge in [0.25, 0.3) is 0 Å². The van der Waals surface area contributed by atoms with Crippen LogP contribution in [0.1, 0.15) is 10.4 Å². The van der Waals surface area contributed by atoms with Crippen LogP contribution in [-0.2, 0) is 0 Å². The fourth-order valence-electron chi connectivity index (χ4n) is 1.36. The van der Waals surface area contributed by atoms with Crippen LogP contribution in [0.2, 0.25) is 0 Å². The minimum absolute atomic E-state index is 0.0896. The molecule has 1 aromatic carbocycles. The lowest BCUT2D eigenvalue weighted by Crippen LogP contribution is -2.28. The van der Waals surface area contributed by atoms with Crippen molar-refractivity contribution in [1.82, 2.24) is 0 Å².